The molecule has 16 aromatic rings. The van der Waals surface area contributed by atoms with Crippen molar-refractivity contribution in [2.75, 3.05) is 84.9 Å². The number of benzene rings is 12. The van der Waals surface area contributed by atoms with E-state index >= 15 is 0 Å². The molecule has 0 bridgehead atoms. The number of anilines is 5. The van der Waals surface area contributed by atoms with Gasteiger partial charge in [0.15, 0.2) is 24.9 Å². The Hall–Kier alpha value is -14.4. The van der Waals surface area contributed by atoms with Crippen molar-refractivity contribution >= 4 is 156 Å². The van der Waals surface area contributed by atoms with Crippen LogP contribution in [0.4, 0.5) is 46.0 Å². The molecule has 4 fully saturated rings. The fourth-order valence-electron chi connectivity index (χ4n) is 18.4. The van der Waals surface area contributed by atoms with E-state index in [0.717, 1.165) is 141 Å². The third kappa shape index (κ3) is 23.4. The highest BCUT2D eigenvalue weighted by atomic mass is 127. The Labute approximate surface area is 895 Å². The van der Waals surface area contributed by atoms with Crippen molar-refractivity contribution in [3.8, 4) is 67.8 Å². The van der Waals surface area contributed by atoms with Crippen LogP contribution in [-0.2, 0) is 97.5 Å². The summed E-state index contributed by atoms with van der Waals surface area (Å²) in [6, 6.07) is 78.5. The first-order valence-corrected chi connectivity index (χ1v) is 51.7. The van der Waals surface area contributed by atoms with Crippen molar-refractivity contribution in [2.45, 2.75) is 69.9 Å². The van der Waals surface area contributed by atoms with E-state index in [1.807, 2.05) is 211 Å². The Morgan fingerprint density at radius 1 is 0.324 bits per heavy atom. The van der Waals surface area contributed by atoms with Crippen molar-refractivity contribution in [1.82, 2.24) is 58.7 Å². The number of carbonyl (C=O) groups excluding carboxylic acids is 7. The van der Waals surface area contributed by atoms with E-state index in [0.29, 0.717) is 110 Å². The molecule has 7 aliphatic rings. The van der Waals surface area contributed by atoms with Crippen LogP contribution in [0.1, 0.15) is 87.5 Å². The summed E-state index contributed by atoms with van der Waals surface area (Å²) < 4.78 is 95.5. The van der Waals surface area contributed by atoms with Crippen LogP contribution in [0.15, 0.2) is 310 Å². The van der Waals surface area contributed by atoms with Gasteiger partial charge in [0.25, 0.3) is 23.6 Å². The highest BCUT2D eigenvalue weighted by molar-refractivity contribution is 14.1. The summed E-state index contributed by atoms with van der Waals surface area (Å²) in [7, 11) is 0. The smallest absolute Gasteiger partial charge is 0.250 e. The lowest BCUT2D eigenvalue weighted by Crippen LogP contribution is -2.30. The number of hydrogen-bond acceptors (Lipinski definition) is 17. The number of nitrogens with two attached hydrogens (primary N) is 2. The molecule has 0 spiro atoms. The Bertz CT molecular complexity index is 7170. The van der Waals surface area contributed by atoms with Crippen LogP contribution in [0.25, 0.3) is 67.8 Å². The molecule has 23 rings (SSSR count). The predicted molar refractivity (Wildman–Crippen MR) is 575 cm³/mol. The van der Waals surface area contributed by atoms with Crippen LogP contribution in [0.3, 0.4) is 0 Å². The zero-order valence-corrected chi connectivity index (χ0v) is 87.3. The first-order chi connectivity index (χ1) is 72.1. The molecule has 7 N–H and O–H groups in total. The standard InChI is InChI=1S/3C28H22BrFN4O3.C26H23BrFN5O2.CH3I/c3*29-20-4-8-22(9-5-20)34-15-23(27(32-34)18-2-6-21(30)7-3-18)28-33(26(36)16-37-28)12-11-17-1-10-24-19(13-17)14-25(35)31-24;27-18-4-8-20(9-5-18)33-14-21(25(31-33)17-2-6-19(28)7-3-17)26-32(24(34)15-35-26)12-11-16-1-10-22(29)23(30)13-16;1-2/h3*1-10,13,15,28H,11-12,14,16H2,(H,31,35);1-10,13-14,26H,11-12,15,29-30H2;1H3/t2*28-;;;/m10.../s1/i;;;;1D. The van der Waals surface area contributed by atoms with Gasteiger partial charge in [-0.25, -0.2) is 36.3 Å². The summed E-state index contributed by atoms with van der Waals surface area (Å²) in [6.45, 7) is 1.64. The van der Waals surface area contributed by atoms with Gasteiger partial charge in [-0.2, -0.15) is 20.4 Å². The largest absolute Gasteiger partial charge is 0.397 e. The molecule has 148 heavy (non-hydrogen) atoms. The fourth-order valence-corrected chi connectivity index (χ4v) is 19.5. The second-order valence-corrected chi connectivity index (χ2v) is 39.2. The Morgan fingerprint density at radius 2 is 0.547 bits per heavy atom. The number of nitrogen functional groups attached to an aromatic ring is 2. The molecule has 2 unspecified atom stereocenters. The SMILES string of the molecule is Nc1ccc(CCN2C(=O)COC2c2cn(-c3ccc(Br)cc3)nc2-c2ccc(F)cc2)cc1N.O=C1Cc2cc(CCN3C(=O)COC3c3cn(-c4ccc(Br)cc4)nc3-c3ccc(F)cc3)ccc2N1.O=C1Cc2cc(CCN3C(=O)CO[C@@H]3c3cn(-c4ccc(Br)cc4)nc3-c3ccc(F)cc3)ccc2N1.O=C1Cc2cc(CCN3C(=O)CO[C@H]3c3cn(-c4ccc(Br)cc4)nc3-c3ccc(F)cc3)ccc2N1.[2H]CI. The molecular weight excluding hydrogens is 2270 g/mol. The van der Waals surface area contributed by atoms with Gasteiger partial charge in [0.1, 0.15) is 72.5 Å². The molecule has 4 atom stereocenters. The predicted octanol–water partition coefficient (Wildman–Crippen LogP) is 20.9. The van der Waals surface area contributed by atoms with E-state index in [1.165, 1.54) is 48.5 Å². The van der Waals surface area contributed by atoms with E-state index in [9.17, 15) is 51.1 Å². The van der Waals surface area contributed by atoms with Gasteiger partial charge in [0, 0.05) is 132 Å². The summed E-state index contributed by atoms with van der Waals surface area (Å²) in [6.07, 6.45) is 8.47. The zero-order chi connectivity index (χ0) is 104. The molecule has 0 aliphatic carbocycles. The highest BCUT2D eigenvalue weighted by Gasteiger charge is 2.42. The molecule has 0 radical (unpaired) electrons. The molecule has 4 saturated heterocycles. The molecule has 750 valence electrons. The van der Waals surface area contributed by atoms with Crippen molar-refractivity contribution in [2.24, 2.45) is 0 Å². The van der Waals surface area contributed by atoms with E-state index in [1.54, 1.807) is 92.9 Å². The summed E-state index contributed by atoms with van der Waals surface area (Å²) in [5.74, 6) is -1.80. The number of alkyl halides is 1. The number of nitrogens with one attached hydrogen (secondary N) is 3. The minimum atomic E-state index is -0.630. The van der Waals surface area contributed by atoms with Gasteiger partial charge in [0.2, 0.25) is 17.7 Å². The van der Waals surface area contributed by atoms with Crippen LogP contribution in [0.5, 0.6) is 0 Å². The number of rotatable bonds is 24. The van der Waals surface area contributed by atoms with Crippen molar-refractivity contribution < 1.29 is 71.4 Å². The van der Waals surface area contributed by atoms with Gasteiger partial charge in [0.05, 0.1) is 53.4 Å². The van der Waals surface area contributed by atoms with Crippen LogP contribution in [0.2, 0.25) is 0 Å². The third-order valence-electron chi connectivity index (χ3n) is 25.8. The van der Waals surface area contributed by atoms with Crippen molar-refractivity contribution in [3.05, 3.63) is 394 Å². The monoisotopic (exact) mass is 2360 g/mol. The number of amides is 7. The molecule has 7 amide bonds. The normalized spacial score (nSPS) is 16.4. The molecule has 12 aromatic carbocycles. The summed E-state index contributed by atoms with van der Waals surface area (Å²) in [4.78, 5) is 93.8. The van der Waals surface area contributed by atoms with Crippen molar-refractivity contribution in [1.29, 1.82) is 0 Å². The van der Waals surface area contributed by atoms with Gasteiger partial charge in [-0.3, -0.25) is 33.6 Å². The first-order valence-electron chi connectivity index (χ1n) is 47.7. The third-order valence-corrected chi connectivity index (χ3v) is 28.0. The molecule has 11 heterocycles. The van der Waals surface area contributed by atoms with E-state index in [2.05, 4.69) is 79.7 Å². The van der Waals surface area contributed by atoms with Crippen molar-refractivity contribution in [3.63, 3.8) is 0 Å². The Kier molecular flexibility index (Phi) is 31.0. The summed E-state index contributed by atoms with van der Waals surface area (Å²) in [5.41, 5.74) is 34.0. The van der Waals surface area contributed by atoms with Gasteiger partial charge < -0.3 is 66.0 Å². The Morgan fingerprint density at radius 3 is 0.777 bits per heavy atom. The van der Waals surface area contributed by atoms with E-state index in [4.69, 9.17) is 52.2 Å². The fraction of sp³-hybridized carbons (Fsp3) is 0.180. The lowest BCUT2D eigenvalue weighted by molar-refractivity contribution is -0.128. The Balaban J connectivity index is 0.000000124. The molecule has 4 aromatic heterocycles. The molecule has 37 heteroatoms. The average Bonchev–Trinajstić information content (AvgIpc) is 1.63. The number of hydrogen-bond donors (Lipinski definition) is 5. The second kappa shape index (κ2) is 45.5. The average molecular weight is 2360 g/mol. The number of fused-ring (bicyclic) bond motifs is 3. The van der Waals surface area contributed by atoms with Crippen LogP contribution in [-0.4, -0.2) is 158 Å². The van der Waals surface area contributed by atoms with Gasteiger partial charge in [-0.1, -0.05) is 129 Å². The van der Waals surface area contributed by atoms with Gasteiger partial charge in [-0.15, -0.1) is 0 Å². The molecular formula is C111H92Br4F4IN17O11. The number of carbonyl (C=O) groups is 7. The van der Waals surface area contributed by atoms with Gasteiger partial charge >= 0.3 is 0 Å². The topological polar surface area (TPSA) is 329 Å². The lowest BCUT2D eigenvalue weighted by Gasteiger charge is -2.23. The van der Waals surface area contributed by atoms with Gasteiger partial charge in [-0.05, 0) is 294 Å². The highest BCUT2D eigenvalue weighted by Crippen LogP contribution is 2.43. The maximum atomic E-state index is 13.7. The minimum absolute atomic E-state index is 0.00792. The van der Waals surface area contributed by atoms with E-state index in [-0.39, 0.29) is 91.0 Å². The molecule has 0 saturated carbocycles. The number of nitrogens with zero attached hydrogens (tertiary/aromatic N) is 12. The second-order valence-electron chi connectivity index (χ2n) is 35.6. The first kappa shape index (κ1) is 101. The minimum Gasteiger partial charge on any atom is -0.397 e. The molecule has 28 nitrogen and oxygen atoms in total. The maximum absolute atomic E-state index is 13.7. The lowest BCUT2D eigenvalue weighted by atomic mass is 10.0. The quantitative estimate of drug-likeness (QED) is 0.0162. The van der Waals surface area contributed by atoms with Crippen LogP contribution >= 0.6 is 86.3 Å². The van der Waals surface area contributed by atoms with E-state index < -0.39 is 24.9 Å². The summed E-state index contributed by atoms with van der Waals surface area (Å²) in [5, 5.41) is 27.7. The van der Waals surface area contributed by atoms with Crippen LogP contribution < -0.4 is 27.4 Å². The molecule has 7 aliphatic heterocycles. The number of halogens is 9. The number of ether oxygens (including phenoxy) is 4. The number of aromatic nitrogens is 8. The van der Waals surface area contributed by atoms with Crippen LogP contribution in [0, 0.1) is 23.3 Å². The summed E-state index contributed by atoms with van der Waals surface area (Å²) >= 11 is 15.8. The zero-order valence-electron chi connectivity index (χ0n) is 79.7. The maximum Gasteiger partial charge on any atom is 0.250 e.